The first-order valence-electron chi connectivity index (χ1n) is 10.6. The molecular weight excluding hydrogens is 364 g/mol. The molecule has 2 heteroatoms. The van der Waals surface area contributed by atoms with Crippen LogP contribution >= 0.6 is 0 Å². The van der Waals surface area contributed by atoms with Crippen LogP contribution in [0.2, 0.25) is 0 Å². The van der Waals surface area contributed by atoms with Crippen LogP contribution in [0.4, 0.5) is 11.4 Å². The predicted octanol–water partition coefficient (Wildman–Crippen LogP) is 5.17. The fraction of sp³-hybridized carbons (Fsp3) is 0.143. The van der Waals surface area contributed by atoms with Gasteiger partial charge >= 0.3 is 0 Å². The standard InChI is InChI=1S/C28H24N2/c1-29-23-15-7-3-11-19(23)27(20-12-4-8-16-24(20)29)28-21-13-5-9-17-25(21)30(2)26-18-10-6-14-22(26)28/h3-19,21H,1-2H3/q+2. The van der Waals surface area contributed by atoms with Gasteiger partial charge in [-0.2, -0.15) is 9.15 Å². The van der Waals surface area contributed by atoms with E-state index in [9.17, 15) is 0 Å². The van der Waals surface area contributed by atoms with Crippen molar-refractivity contribution in [2.45, 2.75) is 0 Å². The third kappa shape index (κ3) is 2.37. The van der Waals surface area contributed by atoms with Crippen molar-refractivity contribution in [1.82, 2.24) is 0 Å². The topological polar surface area (TPSA) is 6.02 Å². The molecule has 0 N–H and O–H groups in total. The van der Waals surface area contributed by atoms with Crippen LogP contribution in [-0.2, 0) is 0 Å². The third-order valence-corrected chi connectivity index (χ3v) is 6.80. The molecule has 0 saturated heterocycles. The smallest absolute Gasteiger partial charge is 0.198 e. The summed E-state index contributed by atoms with van der Waals surface area (Å²) in [6.07, 6.45) is 17.9. The average molecular weight is 389 g/mol. The molecule has 2 aromatic rings. The maximum atomic E-state index is 2.35. The highest BCUT2D eigenvalue weighted by atomic mass is 15.0. The fourth-order valence-electron chi connectivity index (χ4n) is 5.42. The van der Waals surface area contributed by atoms with Crippen LogP contribution in [-0.4, -0.2) is 34.7 Å². The highest BCUT2D eigenvalue weighted by molar-refractivity contribution is 6.04. The van der Waals surface area contributed by atoms with Gasteiger partial charge < -0.3 is 0 Å². The van der Waals surface area contributed by atoms with Crippen molar-refractivity contribution in [3.05, 3.63) is 120 Å². The van der Waals surface area contributed by atoms with E-state index in [0.717, 1.165) is 0 Å². The molecule has 2 unspecified atom stereocenters. The zero-order chi connectivity index (χ0) is 20.2. The van der Waals surface area contributed by atoms with Crippen molar-refractivity contribution in [3.63, 3.8) is 0 Å². The molecule has 2 nitrogen and oxygen atoms in total. The molecule has 2 aliphatic carbocycles. The lowest BCUT2D eigenvalue weighted by molar-refractivity contribution is -0.410. The van der Waals surface area contributed by atoms with E-state index in [-0.39, 0.29) is 11.8 Å². The lowest BCUT2D eigenvalue weighted by Gasteiger charge is -2.39. The molecule has 6 rings (SSSR count). The summed E-state index contributed by atoms with van der Waals surface area (Å²) in [6, 6.07) is 17.7. The van der Waals surface area contributed by atoms with E-state index >= 15 is 0 Å². The second-order valence-electron chi connectivity index (χ2n) is 8.27. The first-order chi connectivity index (χ1) is 14.8. The number of nitrogens with zero attached hydrogens (tertiary/aromatic N) is 2. The summed E-state index contributed by atoms with van der Waals surface area (Å²) >= 11 is 0. The predicted molar refractivity (Wildman–Crippen MR) is 123 cm³/mol. The molecule has 4 aliphatic rings. The maximum Gasteiger partial charge on any atom is 0.209 e. The molecule has 0 saturated carbocycles. The Morgan fingerprint density at radius 2 is 1.00 bits per heavy atom. The zero-order valence-corrected chi connectivity index (χ0v) is 17.3. The summed E-state index contributed by atoms with van der Waals surface area (Å²) < 4.78 is 4.71. The van der Waals surface area contributed by atoms with Gasteiger partial charge in [-0.15, -0.1) is 0 Å². The van der Waals surface area contributed by atoms with Gasteiger partial charge in [-0.3, -0.25) is 0 Å². The molecule has 2 radical (unpaired) electrons. The zero-order valence-electron chi connectivity index (χ0n) is 17.3. The van der Waals surface area contributed by atoms with E-state index in [2.05, 4.69) is 120 Å². The van der Waals surface area contributed by atoms with Gasteiger partial charge in [0, 0.05) is 47.2 Å². The number of para-hydroxylation sites is 2. The summed E-state index contributed by atoms with van der Waals surface area (Å²) in [5, 5.41) is 0. The molecule has 2 aromatic carbocycles. The average Bonchev–Trinajstić information content (AvgIpc) is 2.81. The van der Waals surface area contributed by atoms with Gasteiger partial charge in [-0.25, -0.2) is 0 Å². The summed E-state index contributed by atoms with van der Waals surface area (Å²) in [6.45, 7) is 0. The molecule has 0 bridgehead atoms. The minimum Gasteiger partial charge on any atom is -0.198 e. The Bertz CT molecular complexity index is 1140. The van der Waals surface area contributed by atoms with E-state index < -0.39 is 0 Å². The Labute approximate surface area is 178 Å². The quantitative estimate of drug-likeness (QED) is 0.594. The van der Waals surface area contributed by atoms with Gasteiger partial charge in [0.1, 0.15) is 14.1 Å². The van der Waals surface area contributed by atoms with Gasteiger partial charge in [0.2, 0.25) is 11.4 Å². The molecule has 0 amide bonds. The first kappa shape index (κ1) is 17.6. The minimum absolute atomic E-state index is 0.252. The van der Waals surface area contributed by atoms with Crippen molar-refractivity contribution in [3.8, 4) is 0 Å². The van der Waals surface area contributed by atoms with Gasteiger partial charge in [0.15, 0.2) is 11.4 Å². The summed E-state index contributed by atoms with van der Waals surface area (Å²) in [4.78, 5) is 0. The van der Waals surface area contributed by atoms with Crippen LogP contribution in [0.15, 0.2) is 97.1 Å². The van der Waals surface area contributed by atoms with E-state index in [0.29, 0.717) is 0 Å². The second-order valence-corrected chi connectivity index (χ2v) is 8.27. The SMILES string of the molecule is C[N+]1=C2C=CC=CC2[C]([C]2c3ccccc3[N+](C)=C3C=CC=CC23)c2ccccc21. The van der Waals surface area contributed by atoms with Crippen LogP contribution < -0.4 is 0 Å². The van der Waals surface area contributed by atoms with Crippen molar-refractivity contribution in [1.29, 1.82) is 0 Å². The van der Waals surface area contributed by atoms with Crippen LogP contribution in [0.5, 0.6) is 0 Å². The number of fused-ring (bicyclic) bond motifs is 4. The second kappa shape index (κ2) is 6.63. The summed E-state index contributed by atoms with van der Waals surface area (Å²) in [5.41, 5.74) is 7.91. The molecule has 144 valence electrons. The largest absolute Gasteiger partial charge is 0.209 e. The summed E-state index contributed by atoms with van der Waals surface area (Å²) in [7, 11) is 4.38. The van der Waals surface area contributed by atoms with Gasteiger partial charge in [0.25, 0.3) is 0 Å². The van der Waals surface area contributed by atoms with Crippen molar-refractivity contribution >= 4 is 22.8 Å². The molecular formula is C28H24N2+2. The monoisotopic (exact) mass is 388 g/mol. The Balaban J connectivity index is 1.63. The van der Waals surface area contributed by atoms with Crippen LogP contribution in [0.25, 0.3) is 0 Å². The number of rotatable bonds is 1. The number of benzene rings is 2. The van der Waals surface area contributed by atoms with Crippen molar-refractivity contribution in [2.75, 3.05) is 14.1 Å². The van der Waals surface area contributed by atoms with E-state index in [4.69, 9.17) is 0 Å². The van der Waals surface area contributed by atoms with Gasteiger partial charge in [0.05, 0.1) is 11.8 Å². The number of hydrogen-bond donors (Lipinski definition) is 0. The Hall–Kier alpha value is -3.26. The maximum absolute atomic E-state index is 2.35. The molecule has 30 heavy (non-hydrogen) atoms. The lowest BCUT2D eigenvalue weighted by Crippen LogP contribution is -2.42. The van der Waals surface area contributed by atoms with Crippen LogP contribution in [0.1, 0.15) is 11.1 Å². The Morgan fingerprint density at radius 3 is 1.47 bits per heavy atom. The van der Waals surface area contributed by atoms with Crippen molar-refractivity contribution in [2.24, 2.45) is 11.8 Å². The first-order valence-corrected chi connectivity index (χ1v) is 10.6. The minimum atomic E-state index is 0.252. The number of allylic oxidation sites excluding steroid dienone is 8. The molecule has 0 spiro atoms. The fourth-order valence-corrected chi connectivity index (χ4v) is 5.42. The Kier molecular flexibility index (Phi) is 3.89. The van der Waals surface area contributed by atoms with E-state index in [1.165, 1.54) is 45.8 Å². The Morgan fingerprint density at radius 1 is 0.567 bits per heavy atom. The van der Waals surface area contributed by atoms with Crippen LogP contribution in [0.3, 0.4) is 0 Å². The molecule has 0 fully saturated rings. The summed E-state index contributed by atoms with van der Waals surface area (Å²) in [5.74, 6) is 3.37. The highest BCUT2D eigenvalue weighted by Gasteiger charge is 2.51. The number of hydrogen-bond acceptors (Lipinski definition) is 0. The molecule has 2 atom stereocenters. The normalized spacial score (nSPS) is 24.6. The third-order valence-electron chi connectivity index (χ3n) is 6.80. The van der Waals surface area contributed by atoms with Crippen molar-refractivity contribution < 1.29 is 9.15 Å². The van der Waals surface area contributed by atoms with Gasteiger partial charge in [-0.1, -0.05) is 72.9 Å². The molecule has 2 heterocycles. The van der Waals surface area contributed by atoms with E-state index in [1.807, 2.05) is 0 Å². The lowest BCUT2D eigenvalue weighted by atomic mass is 9.62. The van der Waals surface area contributed by atoms with Gasteiger partial charge in [-0.05, 0) is 0 Å². The highest BCUT2D eigenvalue weighted by Crippen LogP contribution is 2.52. The van der Waals surface area contributed by atoms with Crippen LogP contribution in [0, 0.1) is 23.7 Å². The van der Waals surface area contributed by atoms with E-state index in [1.54, 1.807) is 0 Å². The molecule has 2 aliphatic heterocycles. The molecule has 0 aromatic heterocycles.